The lowest BCUT2D eigenvalue weighted by Gasteiger charge is -2.26. The van der Waals surface area contributed by atoms with Crippen LogP contribution in [-0.4, -0.2) is 23.6 Å². The maximum atomic E-state index is 4.78. The van der Waals surface area contributed by atoms with Gasteiger partial charge in [0, 0.05) is 30.3 Å². The third kappa shape index (κ3) is 2.83. The molecule has 3 nitrogen and oxygen atoms in total. The lowest BCUT2D eigenvalue weighted by molar-refractivity contribution is 0.403. The predicted molar refractivity (Wildman–Crippen MR) is 70.1 cm³/mol. The van der Waals surface area contributed by atoms with Gasteiger partial charge in [-0.05, 0) is 31.9 Å². The van der Waals surface area contributed by atoms with Crippen LogP contribution in [0.15, 0.2) is 12.3 Å². The molecule has 1 N–H and O–H groups in total. The van der Waals surface area contributed by atoms with Gasteiger partial charge in [0.05, 0.1) is 0 Å². The first kappa shape index (κ1) is 12.5. The topological polar surface area (TPSA) is 37.8 Å². The van der Waals surface area contributed by atoms with Crippen molar-refractivity contribution in [2.75, 3.05) is 13.6 Å². The molecule has 0 saturated heterocycles. The molecule has 0 aromatic carbocycles. The molecule has 1 aromatic rings. The maximum absolute atomic E-state index is 4.78. The van der Waals surface area contributed by atoms with E-state index in [1.807, 2.05) is 13.2 Å². The molecule has 0 radical (unpaired) electrons. The number of rotatable bonds is 5. The molecular formula is C14H23N3. The van der Waals surface area contributed by atoms with Crippen LogP contribution in [0.4, 0.5) is 0 Å². The van der Waals surface area contributed by atoms with Crippen molar-refractivity contribution in [3.63, 3.8) is 0 Å². The summed E-state index contributed by atoms with van der Waals surface area (Å²) in [7, 11) is 1.99. The van der Waals surface area contributed by atoms with Gasteiger partial charge in [-0.15, -0.1) is 0 Å². The van der Waals surface area contributed by atoms with Crippen LogP contribution >= 0.6 is 0 Å². The molecule has 2 rings (SSSR count). The molecule has 0 bridgehead atoms. The second-order valence-corrected chi connectivity index (χ2v) is 5.38. The number of aromatic nitrogens is 2. The van der Waals surface area contributed by atoms with Crippen molar-refractivity contribution in [2.24, 2.45) is 5.92 Å². The minimum absolute atomic E-state index is 0.417. The summed E-state index contributed by atoms with van der Waals surface area (Å²) in [5, 5.41) is 3.24. The summed E-state index contributed by atoms with van der Waals surface area (Å²) in [6, 6.07) is 2.09. The van der Waals surface area contributed by atoms with E-state index in [0.29, 0.717) is 17.8 Å². The fraction of sp³-hybridized carbons (Fsp3) is 0.714. The molecule has 1 unspecified atom stereocenters. The SMILES string of the molecule is CNCC(c1nccc(C2CCC2)n1)C(C)C. The van der Waals surface area contributed by atoms with Crippen LogP contribution in [0.1, 0.15) is 56.5 Å². The molecule has 0 spiro atoms. The van der Waals surface area contributed by atoms with E-state index in [0.717, 1.165) is 12.4 Å². The minimum Gasteiger partial charge on any atom is -0.319 e. The van der Waals surface area contributed by atoms with Crippen LogP contribution < -0.4 is 5.32 Å². The molecule has 94 valence electrons. The zero-order chi connectivity index (χ0) is 12.3. The maximum Gasteiger partial charge on any atom is 0.133 e. The van der Waals surface area contributed by atoms with Crippen LogP contribution in [-0.2, 0) is 0 Å². The van der Waals surface area contributed by atoms with Gasteiger partial charge in [0.1, 0.15) is 5.82 Å². The molecule has 1 heterocycles. The van der Waals surface area contributed by atoms with Crippen molar-refractivity contribution in [2.45, 2.75) is 44.9 Å². The van der Waals surface area contributed by atoms with Crippen molar-refractivity contribution >= 4 is 0 Å². The zero-order valence-electron chi connectivity index (χ0n) is 11.1. The summed E-state index contributed by atoms with van der Waals surface area (Å²) in [5.41, 5.74) is 1.25. The van der Waals surface area contributed by atoms with Crippen LogP contribution in [0.25, 0.3) is 0 Å². The lowest BCUT2D eigenvalue weighted by atomic mass is 9.82. The highest BCUT2D eigenvalue weighted by Crippen LogP contribution is 2.35. The average molecular weight is 233 g/mol. The minimum atomic E-state index is 0.417. The van der Waals surface area contributed by atoms with E-state index < -0.39 is 0 Å². The Labute approximate surface area is 104 Å². The summed E-state index contributed by atoms with van der Waals surface area (Å²) in [6.45, 7) is 5.43. The Bertz CT molecular complexity index is 358. The molecule has 1 aliphatic carbocycles. The molecule has 1 atom stereocenters. The van der Waals surface area contributed by atoms with E-state index >= 15 is 0 Å². The quantitative estimate of drug-likeness (QED) is 0.849. The van der Waals surface area contributed by atoms with Gasteiger partial charge in [0.25, 0.3) is 0 Å². The van der Waals surface area contributed by atoms with Crippen molar-refractivity contribution in [3.8, 4) is 0 Å². The summed E-state index contributed by atoms with van der Waals surface area (Å²) >= 11 is 0. The van der Waals surface area contributed by atoms with Crippen molar-refractivity contribution in [1.82, 2.24) is 15.3 Å². The van der Waals surface area contributed by atoms with Crippen molar-refractivity contribution in [3.05, 3.63) is 23.8 Å². The number of nitrogens with zero attached hydrogens (tertiary/aromatic N) is 2. The number of nitrogens with one attached hydrogen (secondary N) is 1. The van der Waals surface area contributed by atoms with Crippen LogP contribution in [0.2, 0.25) is 0 Å². The number of likely N-dealkylation sites (N-methyl/N-ethyl adjacent to an activating group) is 1. The first-order valence-corrected chi connectivity index (χ1v) is 6.69. The molecule has 3 heteroatoms. The zero-order valence-corrected chi connectivity index (χ0v) is 11.1. The number of hydrogen-bond acceptors (Lipinski definition) is 3. The van der Waals surface area contributed by atoms with Gasteiger partial charge in [-0.25, -0.2) is 9.97 Å². The summed E-state index contributed by atoms with van der Waals surface area (Å²) in [5.74, 6) is 2.69. The Kier molecular flexibility index (Phi) is 4.11. The third-order valence-corrected chi connectivity index (χ3v) is 3.78. The molecule has 17 heavy (non-hydrogen) atoms. The Hall–Kier alpha value is -0.960. The summed E-state index contributed by atoms with van der Waals surface area (Å²) in [4.78, 5) is 9.25. The molecule has 1 aliphatic rings. The Balaban J connectivity index is 2.17. The van der Waals surface area contributed by atoms with Gasteiger partial charge in [0.15, 0.2) is 0 Å². The second kappa shape index (κ2) is 5.58. The fourth-order valence-electron chi connectivity index (χ4n) is 2.34. The number of hydrogen-bond donors (Lipinski definition) is 1. The smallest absolute Gasteiger partial charge is 0.133 e. The highest BCUT2D eigenvalue weighted by Gasteiger charge is 2.23. The van der Waals surface area contributed by atoms with Gasteiger partial charge in [0.2, 0.25) is 0 Å². The molecule has 0 amide bonds. The van der Waals surface area contributed by atoms with Crippen molar-refractivity contribution in [1.29, 1.82) is 0 Å². The van der Waals surface area contributed by atoms with Crippen molar-refractivity contribution < 1.29 is 0 Å². The molecule has 1 aromatic heterocycles. The van der Waals surface area contributed by atoms with Gasteiger partial charge in [-0.1, -0.05) is 20.3 Å². The first-order valence-electron chi connectivity index (χ1n) is 6.69. The van der Waals surface area contributed by atoms with Crippen LogP contribution in [0, 0.1) is 5.92 Å². The van der Waals surface area contributed by atoms with Gasteiger partial charge < -0.3 is 5.32 Å². The normalized spacial score (nSPS) is 18.1. The molecule has 0 aliphatic heterocycles. The Morgan fingerprint density at radius 2 is 2.18 bits per heavy atom. The highest BCUT2D eigenvalue weighted by molar-refractivity contribution is 5.13. The fourth-order valence-corrected chi connectivity index (χ4v) is 2.34. The van der Waals surface area contributed by atoms with Gasteiger partial charge in [-0.2, -0.15) is 0 Å². The second-order valence-electron chi connectivity index (χ2n) is 5.38. The average Bonchev–Trinajstić information content (AvgIpc) is 2.23. The Morgan fingerprint density at radius 3 is 2.71 bits per heavy atom. The van der Waals surface area contributed by atoms with E-state index in [2.05, 4.69) is 30.2 Å². The van der Waals surface area contributed by atoms with Crippen LogP contribution in [0.3, 0.4) is 0 Å². The van der Waals surface area contributed by atoms with E-state index in [4.69, 9.17) is 4.98 Å². The largest absolute Gasteiger partial charge is 0.319 e. The summed E-state index contributed by atoms with van der Waals surface area (Å²) < 4.78 is 0. The van der Waals surface area contributed by atoms with Gasteiger partial charge >= 0.3 is 0 Å². The van der Waals surface area contributed by atoms with E-state index in [1.54, 1.807) is 0 Å². The Morgan fingerprint density at radius 1 is 1.41 bits per heavy atom. The van der Waals surface area contributed by atoms with E-state index in [-0.39, 0.29) is 0 Å². The predicted octanol–water partition coefficient (Wildman–Crippen LogP) is 2.70. The van der Waals surface area contributed by atoms with E-state index in [1.165, 1.54) is 25.0 Å². The van der Waals surface area contributed by atoms with E-state index in [9.17, 15) is 0 Å². The monoisotopic (exact) mass is 233 g/mol. The summed E-state index contributed by atoms with van der Waals surface area (Å²) in [6.07, 6.45) is 5.89. The standard InChI is InChI=1S/C14H23N3/c1-10(2)12(9-15-3)14-16-8-7-13(17-14)11-5-4-6-11/h7-8,10-12,15H,4-6,9H2,1-3H3. The first-order chi connectivity index (χ1) is 8.22. The highest BCUT2D eigenvalue weighted by atomic mass is 14.9. The molecular weight excluding hydrogens is 210 g/mol. The lowest BCUT2D eigenvalue weighted by Crippen LogP contribution is -2.24. The molecule has 1 fully saturated rings. The third-order valence-electron chi connectivity index (χ3n) is 3.78. The molecule has 1 saturated carbocycles. The van der Waals surface area contributed by atoms with Gasteiger partial charge in [-0.3, -0.25) is 0 Å². The van der Waals surface area contributed by atoms with Crippen LogP contribution in [0.5, 0.6) is 0 Å².